The van der Waals surface area contributed by atoms with E-state index in [1.54, 1.807) is 0 Å². The predicted octanol–water partition coefficient (Wildman–Crippen LogP) is 2.90. The van der Waals surface area contributed by atoms with Gasteiger partial charge in [-0.25, -0.2) is 4.85 Å². The topological polar surface area (TPSA) is 28.1 Å². The maximum absolute atomic E-state index is 8.34. The molecule has 0 N–H and O–H groups in total. The molecule has 0 saturated carbocycles. The fourth-order valence-corrected chi connectivity index (χ4v) is 2.20. The summed E-state index contributed by atoms with van der Waals surface area (Å²) in [7, 11) is 0. The molecule has 0 aliphatic heterocycles. The summed E-state index contributed by atoms with van der Waals surface area (Å²) < 4.78 is 0.727. The third-order valence-corrected chi connectivity index (χ3v) is 3.50. The largest absolute Gasteiger partial charge is 0.283 e. The fraction of sp³-hybridized carbons (Fsp3) is 0.429. The monoisotopic (exact) mass is 246 g/mol. The average Bonchev–Trinajstić information content (AvgIpc) is 2.16. The number of rotatable bonds is 4. The van der Waals surface area contributed by atoms with Crippen molar-refractivity contribution in [2.45, 2.75) is 6.42 Å². The minimum Gasteiger partial charge on any atom is -0.218 e. The van der Waals surface area contributed by atoms with Crippen molar-refractivity contribution in [2.75, 3.05) is 11.5 Å². The zero-order valence-corrected chi connectivity index (χ0v) is 9.91. The van der Waals surface area contributed by atoms with Crippen LogP contribution in [0.4, 0.5) is 0 Å². The van der Waals surface area contributed by atoms with Crippen LogP contribution in [0.2, 0.25) is 0 Å². The molecule has 0 atom stereocenters. The van der Waals surface area contributed by atoms with Gasteiger partial charge >= 0.3 is 0 Å². The van der Waals surface area contributed by atoms with E-state index in [4.69, 9.17) is 36.3 Å². The number of hydrogen-bond donors (Lipinski definition) is 0. The Morgan fingerprint density at radius 1 is 1.38 bits per heavy atom. The summed E-state index contributed by atoms with van der Waals surface area (Å²) in [5, 5.41) is 8.34. The van der Waals surface area contributed by atoms with Crippen LogP contribution in [0.25, 0.3) is 4.85 Å². The molecule has 13 heavy (non-hydrogen) atoms. The molecule has 0 fully saturated rings. The van der Waals surface area contributed by atoms with Gasteiger partial charge in [0.2, 0.25) is 0 Å². The lowest BCUT2D eigenvalue weighted by atomic mass is 10.6. The van der Waals surface area contributed by atoms with Gasteiger partial charge in [-0.15, -0.1) is 35.7 Å². The Morgan fingerprint density at radius 3 is 2.54 bits per heavy atom. The molecule has 0 bridgehead atoms. The Morgan fingerprint density at radius 2 is 2.00 bits per heavy atom. The van der Waals surface area contributed by atoms with Gasteiger partial charge in [0.15, 0.2) is 0 Å². The van der Waals surface area contributed by atoms with E-state index < -0.39 is 0 Å². The molecule has 68 valence electrons. The van der Waals surface area contributed by atoms with Crippen LogP contribution in [0.1, 0.15) is 6.42 Å². The van der Waals surface area contributed by atoms with Crippen molar-refractivity contribution in [1.82, 2.24) is 0 Å². The van der Waals surface area contributed by atoms with Crippen LogP contribution in [0.15, 0.2) is 0 Å². The van der Waals surface area contributed by atoms with Crippen LogP contribution < -0.4 is 0 Å². The van der Waals surface area contributed by atoms with Crippen LogP contribution in [0, 0.1) is 17.9 Å². The lowest BCUT2D eigenvalue weighted by molar-refractivity contribution is 1.13. The molecular formula is C7H6N2S4. The Labute approximate surface area is 96.9 Å². The van der Waals surface area contributed by atoms with Crippen LogP contribution in [0.3, 0.4) is 0 Å². The van der Waals surface area contributed by atoms with Gasteiger partial charge in [-0.2, -0.15) is 5.26 Å². The quantitative estimate of drug-likeness (QED) is 0.432. The molecule has 0 spiro atoms. The standard InChI is InChI=1S/C7H6N2S4/c1-9-7(11)13-4-2-3-12-6(10)5-8/h2-4H2. The molecule has 0 saturated heterocycles. The minimum atomic E-state index is 0.354. The highest BCUT2D eigenvalue weighted by molar-refractivity contribution is 8.24. The van der Waals surface area contributed by atoms with Gasteiger partial charge < -0.3 is 0 Å². The zero-order valence-electron chi connectivity index (χ0n) is 6.65. The summed E-state index contributed by atoms with van der Waals surface area (Å²) in [6.07, 6.45) is 0.910. The van der Waals surface area contributed by atoms with E-state index in [2.05, 4.69) is 4.85 Å². The fourth-order valence-electron chi connectivity index (χ4n) is 0.448. The molecule has 0 unspecified atom stereocenters. The molecule has 0 aromatic carbocycles. The van der Waals surface area contributed by atoms with Gasteiger partial charge in [0.1, 0.15) is 10.3 Å². The van der Waals surface area contributed by atoms with Crippen molar-refractivity contribution in [3.63, 3.8) is 0 Å². The summed E-state index contributed by atoms with van der Waals surface area (Å²) >= 11 is 12.1. The van der Waals surface area contributed by atoms with Crippen LogP contribution in [-0.4, -0.2) is 20.0 Å². The van der Waals surface area contributed by atoms with Crippen LogP contribution in [-0.2, 0) is 0 Å². The highest BCUT2D eigenvalue weighted by atomic mass is 32.2. The first kappa shape index (κ1) is 12.9. The van der Waals surface area contributed by atoms with E-state index in [0.29, 0.717) is 8.52 Å². The maximum Gasteiger partial charge on any atom is 0.283 e. The van der Waals surface area contributed by atoms with Crippen molar-refractivity contribution in [3.8, 4) is 6.07 Å². The van der Waals surface area contributed by atoms with E-state index in [-0.39, 0.29) is 0 Å². The Balaban J connectivity index is 3.29. The van der Waals surface area contributed by atoms with Crippen molar-refractivity contribution in [3.05, 3.63) is 11.4 Å². The predicted molar refractivity (Wildman–Crippen MR) is 66.9 cm³/mol. The average molecular weight is 246 g/mol. The second kappa shape index (κ2) is 8.46. The smallest absolute Gasteiger partial charge is 0.218 e. The van der Waals surface area contributed by atoms with Crippen LogP contribution >= 0.6 is 48.0 Å². The Bertz CT molecular complexity index is 245. The summed E-state index contributed by atoms with van der Waals surface area (Å²) in [6.45, 7) is 6.58. The van der Waals surface area contributed by atoms with E-state index in [1.807, 2.05) is 6.07 Å². The summed E-state index contributed by atoms with van der Waals surface area (Å²) in [5.74, 6) is 1.64. The molecule has 0 amide bonds. The third-order valence-electron chi connectivity index (χ3n) is 0.930. The molecule has 0 aliphatic rings. The van der Waals surface area contributed by atoms with E-state index >= 15 is 0 Å². The first-order valence-electron chi connectivity index (χ1n) is 3.31. The van der Waals surface area contributed by atoms with E-state index in [1.165, 1.54) is 23.5 Å². The van der Waals surface area contributed by atoms with Crippen LogP contribution in [0.5, 0.6) is 0 Å². The molecule has 0 aromatic heterocycles. The van der Waals surface area contributed by atoms with Crippen molar-refractivity contribution in [2.24, 2.45) is 0 Å². The van der Waals surface area contributed by atoms with E-state index in [0.717, 1.165) is 17.9 Å². The van der Waals surface area contributed by atoms with Gasteiger partial charge in [-0.3, -0.25) is 0 Å². The molecule has 0 heterocycles. The lowest BCUT2D eigenvalue weighted by Gasteiger charge is -1.96. The van der Waals surface area contributed by atoms with E-state index in [9.17, 15) is 0 Å². The van der Waals surface area contributed by atoms with Gasteiger partial charge in [-0.1, -0.05) is 12.2 Å². The molecular weight excluding hydrogens is 240 g/mol. The first-order chi connectivity index (χ1) is 6.20. The summed E-state index contributed by atoms with van der Waals surface area (Å²) in [4.78, 5) is 3.10. The minimum absolute atomic E-state index is 0.354. The van der Waals surface area contributed by atoms with Gasteiger partial charge in [0.25, 0.3) is 4.32 Å². The molecule has 2 nitrogen and oxygen atoms in total. The lowest BCUT2D eigenvalue weighted by Crippen LogP contribution is -1.89. The number of nitriles is 1. The molecule has 0 rings (SSSR count). The Hall–Kier alpha value is -0.140. The maximum atomic E-state index is 8.34. The molecule has 0 aliphatic carbocycles. The highest BCUT2D eigenvalue weighted by Gasteiger charge is 1.97. The number of nitrogens with zero attached hydrogens (tertiary/aromatic N) is 2. The summed E-state index contributed by atoms with van der Waals surface area (Å²) in [6, 6.07) is 1.89. The molecule has 0 radical (unpaired) electrons. The van der Waals surface area contributed by atoms with Crippen molar-refractivity contribution < 1.29 is 0 Å². The second-order valence-electron chi connectivity index (χ2n) is 1.83. The Kier molecular flexibility index (Phi) is 8.37. The van der Waals surface area contributed by atoms with Gasteiger partial charge in [0, 0.05) is 5.75 Å². The highest BCUT2D eigenvalue weighted by Crippen LogP contribution is 2.11. The second-order valence-corrected chi connectivity index (χ2v) is 5.33. The number of thioether (sulfide) groups is 2. The van der Waals surface area contributed by atoms with Gasteiger partial charge in [0.05, 0.1) is 6.57 Å². The van der Waals surface area contributed by atoms with Crippen molar-refractivity contribution in [1.29, 1.82) is 5.26 Å². The van der Waals surface area contributed by atoms with Crippen molar-refractivity contribution >= 4 is 56.5 Å². The molecule has 6 heteroatoms. The normalized spacial score (nSPS) is 8.46. The summed E-state index contributed by atoms with van der Waals surface area (Å²) in [5.41, 5.74) is 0. The van der Waals surface area contributed by atoms with Gasteiger partial charge in [-0.05, 0) is 12.2 Å². The number of hydrogen-bond acceptors (Lipinski definition) is 5. The first-order valence-corrected chi connectivity index (χ1v) is 6.10. The third kappa shape index (κ3) is 8.20. The SMILES string of the molecule is [C-]#[N+]C(=S)SCCCSC(=S)C#N. The zero-order chi connectivity index (χ0) is 10.1. The number of thiocarbonyl (C=S) groups is 2. The molecule has 0 aromatic rings.